The van der Waals surface area contributed by atoms with Crippen LogP contribution in [-0.2, 0) is 23.6 Å². The van der Waals surface area contributed by atoms with Crippen molar-refractivity contribution < 1.29 is 19.4 Å². The molecule has 0 radical (unpaired) electrons. The summed E-state index contributed by atoms with van der Waals surface area (Å²) in [6, 6.07) is 52.2. The van der Waals surface area contributed by atoms with E-state index < -0.39 is 17.4 Å². The molecule has 0 aromatic heterocycles. The van der Waals surface area contributed by atoms with Crippen molar-refractivity contribution in [3.8, 4) is 11.5 Å². The van der Waals surface area contributed by atoms with Gasteiger partial charge >= 0.3 is 0 Å². The Balaban J connectivity index is 1.32. The average Bonchev–Trinajstić information content (AvgIpc) is 3.34. The number of rotatable bonds is 10. The minimum absolute atomic E-state index is 0.292. The number of ether oxygens (including phenoxy) is 2. The van der Waals surface area contributed by atoms with Crippen LogP contribution < -0.4 is 14.4 Å². The van der Waals surface area contributed by atoms with Crippen molar-refractivity contribution in [1.29, 1.82) is 0 Å². The lowest BCUT2D eigenvalue weighted by atomic mass is 9.74. The van der Waals surface area contributed by atoms with Crippen LogP contribution in [-0.4, -0.2) is 11.0 Å². The van der Waals surface area contributed by atoms with Gasteiger partial charge in [-0.3, -0.25) is 9.69 Å². The molecular weight excluding hydrogens is 570 g/mol. The van der Waals surface area contributed by atoms with Crippen molar-refractivity contribution in [2.75, 3.05) is 4.90 Å². The van der Waals surface area contributed by atoms with Gasteiger partial charge in [-0.2, -0.15) is 0 Å². The van der Waals surface area contributed by atoms with Crippen LogP contribution in [0.25, 0.3) is 0 Å². The Morgan fingerprint density at radius 3 is 1.65 bits per heavy atom. The number of benzene rings is 6. The summed E-state index contributed by atoms with van der Waals surface area (Å²) in [7, 11) is 0. The number of aliphatic hydroxyl groups is 1. The summed E-state index contributed by atoms with van der Waals surface area (Å²) in [5, 5.41) is 12.8. The van der Waals surface area contributed by atoms with E-state index >= 15 is 0 Å². The monoisotopic (exact) mass is 603 g/mol. The molecule has 7 rings (SSSR count). The summed E-state index contributed by atoms with van der Waals surface area (Å²) in [4.78, 5) is 16.5. The fourth-order valence-electron chi connectivity index (χ4n) is 6.23. The van der Waals surface area contributed by atoms with E-state index in [1.807, 2.05) is 164 Å². The molecule has 5 nitrogen and oxygen atoms in total. The van der Waals surface area contributed by atoms with Gasteiger partial charge in [-0.25, -0.2) is 0 Å². The standard InChI is InChI=1S/C41H33NO4/c43-40-41(44,39(32-19-9-3-10-20-32)33-21-11-4-12-22-33)35-23-13-14-24-36(35)42(40)37-26-25-34(45-28-30-15-5-1-6-16-30)27-38(37)46-29-31-17-7-2-8-18-31/h1-27,39,44H,28-29H2. The maximum absolute atomic E-state index is 14.9. The number of anilines is 2. The topological polar surface area (TPSA) is 59.0 Å². The lowest BCUT2D eigenvalue weighted by molar-refractivity contribution is -0.136. The van der Waals surface area contributed by atoms with E-state index in [1.165, 1.54) is 0 Å². The van der Waals surface area contributed by atoms with Crippen molar-refractivity contribution in [1.82, 2.24) is 0 Å². The van der Waals surface area contributed by atoms with E-state index in [1.54, 1.807) is 4.90 Å². The molecule has 0 spiro atoms. The summed E-state index contributed by atoms with van der Waals surface area (Å²) >= 11 is 0. The van der Waals surface area contributed by atoms with E-state index in [0.717, 1.165) is 22.3 Å². The molecule has 0 saturated heterocycles. The van der Waals surface area contributed by atoms with Gasteiger partial charge in [0.05, 0.1) is 17.3 Å². The molecule has 1 unspecified atom stereocenters. The second-order valence-electron chi connectivity index (χ2n) is 11.4. The molecule has 1 aliphatic rings. The third-order valence-electron chi connectivity index (χ3n) is 8.43. The van der Waals surface area contributed by atoms with Gasteiger partial charge < -0.3 is 14.6 Å². The molecule has 5 heteroatoms. The third kappa shape index (κ3) is 5.53. The van der Waals surface area contributed by atoms with Crippen LogP contribution >= 0.6 is 0 Å². The molecule has 0 bridgehead atoms. The predicted molar refractivity (Wildman–Crippen MR) is 180 cm³/mol. The lowest BCUT2D eigenvalue weighted by Crippen LogP contribution is -2.43. The highest BCUT2D eigenvalue weighted by Gasteiger charge is 2.56. The van der Waals surface area contributed by atoms with Gasteiger partial charge in [0.1, 0.15) is 24.7 Å². The van der Waals surface area contributed by atoms with Crippen molar-refractivity contribution >= 4 is 17.3 Å². The van der Waals surface area contributed by atoms with E-state index in [9.17, 15) is 9.90 Å². The highest BCUT2D eigenvalue weighted by atomic mass is 16.5. The van der Waals surface area contributed by atoms with E-state index in [4.69, 9.17) is 9.47 Å². The number of carbonyl (C=O) groups is 1. The van der Waals surface area contributed by atoms with Crippen LogP contribution in [0.2, 0.25) is 0 Å². The number of carbonyl (C=O) groups excluding carboxylic acids is 1. The highest BCUT2D eigenvalue weighted by molar-refractivity contribution is 6.13. The van der Waals surface area contributed by atoms with Gasteiger partial charge in [0, 0.05) is 11.6 Å². The Labute approximate surface area is 268 Å². The summed E-state index contributed by atoms with van der Waals surface area (Å²) < 4.78 is 12.6. The van der Waals surface area contributed by atoms with Gasteiger partial charge in [0.2, 0.25) is 0 Å². The van der Waals surface area contributed by atoms with Crippen molar-refractivity contribution in [2.24, 2.45) is 0 Å². The minimum atomic E-state index is -1.89. The quantitative estimate of drug-likeness (QED) is 0.171. The van der Waals surface area contributed by atoms with Gasteiger partial charge in [-0.05, 0) is 40.5 Å². The van der Waals surface area contributed by atoms with Gasteiger partial charge in [-0.1, -0.05) is 140 Å². The predicted octanol–water partition coefficient (Wildman–Crippen LogP) is 8.54. The van der Waals surface area contributed by atoms with Crippen molar-refractivity contribution in [3.63, 3.8) is 0 Å². The second-order valence-corrected chi connectivity index (χ2v) is 11.4. The van der Waals surface area contributed by atoms with Gasteiger partial charge in [0.15, 0.2) is 5.60 Å². The zero-order chi connectivity index (χ0) is 31.3. The van der Waals surface area contributed by atoms with E-state index in [0.29, 0.717) is 41.7 Å². The molecule has 0 fully saturated rings. The molecule has 0 aliphatic carbocycles. The Morgan fingerprint density at radius 2 is 1.07 bits per heavy atom. The maximum Gasteiger partial charge on any atom is 0.269 e. The first-order valence-electron chi connectivity index (χ1n) is 15.4. The SMILES string of the molecule is O=C1N(c2ccc(OCc3ccccc3)cc2OCc2ccccc2)c2ccccc2C1(O)C(c1ccccc1)c1ccccc1. The Hall–Kier alpha value is -5.65. The molecule has 0 saturated carbocycles. The fraction of sp³-hybridized carbons (Fsp3) is 0.0976. The maximum atomic E-state index is 14.9. The molecule has 46 heavy (non-hydrogen) atoms. The first kappa shape index (κ1) is 29.1. The Bertz CT molecular complexity index is 1890. The normalized spacial score (nSPS) is 15.5. The van der Waals surface area contributed by atoms with Crippen molar-refractivity contribution in [3.05, 3.63) is 192 Å². The summed E-state index contributed by atoms with van der Waals surface area (Å²) in [5.74, 6) is -0.0280. The van der Waals surface area contributed by atoms with Crippen LogP contribution in [0.3, 0.4) is 0 Å². The first-order valence-corrected chi connectivity index (χ1v) is 15.4. The Morgan fingerprint density at radius 1 is 0.565 bits per heavy atom. The third-order valence-corrected chi connectivity index (χ3v) is 8.43. The fourth-order valence-corrected chi connectivity index (χ4v) is 6.23. The molecule has 6 aromatic carbocycles. The highest BCUT2D eigenvalue weighted by Crippen LogP contribution is 2.54. The van der Waals surface area contributed by atoms with Crippen LogP contribution in [0, 0.1) is 0 Å². The molecule has 1 amide bonds. The number of para-hydroxylation sites is 1. The smallest absolute Gasteiger partial charge is 0.269 e. The van der Waals surface area contributed by atoms with Crippen LogP contribution in [0.5, 0.6) is 11.5 Å². The lowest BCUT2D eigenvalue weighted by Gasteiger charge is -2.33. The number of fused-ring (bicyclic) bond motifs is 1. The number of hydrogen-bond donors (Lipinski definition) is 1. The molecule has 1 heterocycles. The van der Waals surface area contributed by atoms with Crippen LogP contribution in [0.15, 0.2) is 164 Å². The van der Waals surface area contributed by atoms with Gasteiger partial charge in [-0.15, -0.1) is 0 Å². The zero-order valence-electron chi connectivity index (χ0n) is 25.2. The van der Waals surface area contributed by atoms with Crippen LogP contribution in [0.1, 0.15) is 33.7 Å². The first-order chi connectivity index (χ1) is 22.6. The number of amides is 1. The summed E-state index contributed by atoms with van der Waals surface area (Å²) in [6.07, 6.45) is 0. The zero-order valence-corrected chi connectivity index (χ0v) is 25.2. The molecule has 1 atom stereocenters. The number of nitrogens with zero attached hydrogens (tertiary/aromatic N) is 1. The number of hydrogen-bond acceptors (Lipinski definition) is 4. The van der Waals surface area contributed by atoms with Crippen LogP contribution in [0.4, 0.5) is 11.4 Å². The van der Waals surface area contributed by atoms with Gasteiger partial charge in [0.25, 0.3) is 5.91 Å². The largest absolute Gasteiger partial charge is 0.489 e. The Kier molecular flexibility index (Phi) is 8.07. The molecule has 226 valence electrons. The van der Waals surface area contributed by atoms with Crippen molar-refractivity contribution in [2.45, 2.75) is 24.7 Å². The van der Waals surface area contributed by atoms with E-state index in [2.05, 4.69) is 0 Å². The molecule has 6 aromatic rings. The minimum Gasteiger partial charge on any atom is -0.489 e. The second kappa shape index (κ2) is 12.8. The summed E-state index contributed by atoms with van der Waals surface area (Å²) in [5.41, 5.74) is 3.49. The molecule has 1 aliphatic heterocycles. The summed E-state index contributed by atoms with van der Waals surface area (Å²) in [6.45, 7) is 0.681. The molecular formula is C41H33NO4. The van der Waals surface area contributed by atoms with E-state index in [-0.39, 0.29) is 0 Å². The average molecular weight is 604 g/mol. The molecule has 1 N–H and O–H groups in total.